The van der Waals surface area contributed by atoms with E-state index in [0.717, 1.165) is 0 Å². The van der Waals surface area contributed by atoms with Crippen LogP contribution in [-0.4, -0.2) is 26.0 Å². The van der Waals surface area contributed by atoms with E-state index in [1.165, 1.54) is 30.6 Å². The molecule has 3 heterocycles. The smallest absolute Gasteiger partial charge is 0.329 e. The molecule has 0 unspecified atom stereocenters. The second kappa shape index (κ2) is 7.60. The van der Waals surface area contributed by atoms with Crippen molar-refractivity contribution in [3.63, 3.8) is 0 Å². The highest BCUT2D eigenvalue weighted by atomic mass is 35.5. The van der Waals surface area contributed by atoms with E-state index < -0.39 is 23.4 Å². The molecular weight excluding hydrogens is 434 g/mol. The molecule has 3 aromatic rings. The van der Waals surface area contributed by atoms with Gasteiger partial charge in [0.15, 0.2) is 0 Å². The summed E-state index contributed by atoms with van der Waals surface area (Å²) in [4.78, 5) is 24.0. The van der Waals surface area contributed by atoms with E-state index in [4.69, 9.17) is 23.2 Å². The number of rotatable bonds is 4. The van der Waals surface area contributed by atoms with Gasteiger partial charge in [-0.25, -0.2) is 0 Å². The zero-order chi connectivity index (χ0) is 21.4. The lowest BCUT2D eigenvalue weighted by molar-refractivity contribution is -0.159. The highest BCUT2D eigenvalue weighted by Crippen LogP contribution is 2.31. The van der Waals surface area contributed by atoms with Crippen LogP contribution in [0.2, 0.25) is 10.0 Å². The summed E-state index contributed by atoms with van der Waals surface area (Å²) in [5, 5.41) is 6.48. The standard InChI is InChI=1S/C17H12Cl2F3N5O2/c1-16(2,12-10(19)5-8(18)6-24-12)14(28)25-9-3-4-11(23-7-9)13-26-15(29-27-13)17(20,21)22/h3-7H,1-2H3,(H,25,28). The molecule has 0 aromatic carbocycles. The van der Waals surface area contributed by atoms with Crippen molar-refractivity contribution in [2.24, 2.45) is 0 Å². The molecular formula is C17H12Cl2F3N5O2. The lowest BCUT2D eigenvalue weighted by Gasteiger charge is -2.24. The van der Waals surface area contributed by atoms with Gasteiger partial charge in [0.05, 0.1) is 33.0 Å². The van der Waals surface area contributed by atoms with Crippen molar-refractivity contribution in [3.05, 3.63) is 52.2 Å². The van der Waals surface area contributed by atoms with Crippen LogP contribution < -0.4 is 5.32 Å². The molecule has 0 aliphatic heterocycles. The first-order chi connectivity index (χ1) is 13.5. The zero-order valence-electron chi connectivity index (χ0n) is 14.9. The molecule has 12 heteroatoms. The van der Waals surface area contributed by atoms with Gasteiger partial charge in [-0.15, -0.1) is 0 Å². The molecule has 3 aromatic heterocycles. The number of nitrogens with one attached hydrogen (secondary N) is 1. The lowest BCUT2D eigenvalue weighted by atomic mass is 9.87. The minimum absolute atomic E-state index is 0.0453. The van der Waals surface area contributed by atoms with Gasteiger partial charge in [0, 0.05) is 6.20 Å². The van der Waals surface area contributed by atoms with Crippen molar-refractivity contribution in [3.8, 4) is 11.5 Å². The Morgan fingerprint density at radius 2 is 1.86 bits per heavy atom. The van der Waals surface area contributed by atoms with Crippen LogP contribution in [0.4, 0.5) is 18.9 Å². The molecule has 0 radical (unpaired) electrons. The maximum Gasteiger partial charge on any atom is 0.471 e. The summed E-state index contributed by atoms with van der Waals surface area (Å²) in [5.41, 5.74) is -0.423. The molecule has 0 aliphatic rings. The molecule has 1 N–H and O–H groups in total. The van der Waals surface area contributed by atoms with Gasteiger partial charge < -0.3 is 9.84 Å². The Balaban J connectivity index is 1.77. The number of carbonyl (C=O) groups excluding carboxylic acids is 1. The maximum absolute atomic E-state index is 12.7. The molecule has 0 aliphatic carbocycles. The van der Waals surface area contributed by atoms with Crippen LogP contribution in [0.25, 0.3) is 11.5 Å². The van der Waals surface area contributed by atoms with Gasteiger partial charge in [0.25, 0.3) is 0 Å². The second-order valence-corrected chi connectivity index (χ2v) is 7.26. The number of anilines is 1. The Hall–Kier alpha value is -2.72. The lowest BCUT2D eigenvalue weighted by Crippen LogP contribution is -2.35. The third-order valence-corrected chi connectivity index (χ3v) is 4.38. The molecule has 152 valence electrons. The fraction of sp³-hybridized carbons (Fsp3) is 0.235. The van der Waals surface area contributed by atoms with Crippen molar-refractivity contribution in [2.75, 3.05) is 5.32 Å². The quantitative estimate of drug-likeness (QED) is 0.621. The fourth-order valence-corrected chi connectivity index (χ4v) is 2.93. The summed E-state index contributed by atoms with van der Waals surface area (Å²) in [7, 11) is 0. The van der Waals surface area contributed by atoms with Gasteiger partial charge in [0.1, 0.15) is 5.69 Å². The summed E-state index contributed by atoms with van der Waals surface area (Å²) in [6.07, 6.45) is -2.11. The first kappa shape index (κ1) is 21.0. The highest BCUT2D eigenvalue weighted by molar-refractivity contribution is 6.35. The number of hydrogen-bond donors (Lipinski definition) is 1. The van der Waals surface area contributed by atoms with Gasteiger partial charge in [0.2, 0.25) is 11.7 Å². The van der Waals surface area contributed by atoms with E-state index in [-0.39, 0.29) is 16.5 Å². The third-order valence-electron chi connectivity index (χ3n) is 3.89. The van der Waals surface area contributed by atoms with Gasteiger partial charge >= 0.3 is 12.1 Å². The van der Waals surface area contributed by atoms with Crippen LogP contribution in [0.5, 0.6) is 0 Å². The first-order valence-corrected chi connectivity index (χ1v) is 8.74. The van der Waals surface area contributed by atoms with E-state index in [9.17, 15) is 18.0 Å². The molecule has 0 saturated carbocycles. The number of aromatic nitrogens is 4. The summed E-state index contributed by atoms with van der Waals surface area (Å²) in [6, 6.07) is 4.27. The number of amides is 1. The van der Waals surface area contributed by atoms with Crippen LogP contribution in [-0.2, 0) is 16.4 Å². The zero-order valence-corrected chi connectivity index (χ0v) is 16.4. The second-order valence-electron chi connectivity index (χ2n) is 6.42. The Morgan fingerprint density at radius 1 is 1.14 bits per heavy atom. The Morgan fingerprint density at radius 3 is 2.41 bits per heavy atom. The van der Waals surface area contributed by atoms with Crippen LogP contribution in [0, 0.1) is 0 Å². The Bertz CT molecular complexity index is 1050. The van der Waals surface area contributed by atoms with E-state index in [0.29, 0.717) is 16.4 Å². The topological polar surface area (TPSA) is 93.8 Å². The predicted octanol–water partition coefficient (Wildman–Crippen LogP) is 4.77. The molecule has 0 fully saturated rings. The van der Waals surface area contributed by atoms with Crippen molar-refractivity contribution in [1.29, 1.82) is 0 Å². The average molecular weight is 446 g/mol. The summed E-state index contributed by atoms with van der Waals surface area (Å²) < 4.78 is 41.8. The number of nitrogens with zero attached hydrogens (tertiary/aromatic N) is 4. The predicted molar refractivity (Wildman–Crippen MR) is 98.4 cm³/mol. The van der Waals surface area contributed by atoms with Gasteiger partial charge in [-0.2, -0.15) is 18.2 Å². The Labute approximate surface area is 172 Å². The van der Waals surface area contributed by atoms with E-state index in [1.807, 2.05) is 0 Å². The van der Waals surface area contributed by atoms with Crippen molar-refractivity contribution < 1.29 is 22.5 Å². The minimum atomic E-state index is -4.75. The van der Waals surface area contributed by atoms with E-state index in [2.05, 4.69) is 29.9 Å². The number of carbonyl (C=O) groups is 1. The number of halogens is 5. The average Bonchev–Trinajstić information content (AvgIpc) is 3.12. The fourth-order valence-electron chi connectivity index (χ4n) is 2.31. The number of hydrogen-bond acceptors (Lipinski definition) is 6. The largest absolute Gasteiger partial charge is 0.471 e. The van der Waals surface area contributed by atoms with Gasteiger partial charge in [-0.3, -0.25) is 14.8 Å². The SMILES string of the molecule is CC(C)(C(=O)Nc1ccc(-c2noc(C(F)(F)F)n2)nc1)c1ncc(Cl)cc1Cl. The highest BCUT2D eigenvalue weighted by Gasteiger charge is 2.38. The van der Waals surface area contributed by atoms with Crippen molar-refractivity contribution in [2.45, 2.75) is 25.4 Å². The van der Waals surface area contributed by atoms with Crippen molar-refractivity contribution >= 4 is 34.8 Å². The van der Waals surface area contributed by atoms with Gasteiger partial charge in [-0.1, -0.05) is 28.4 Å². The number of alkyl halides is 3. The van der Waals surface area contributed by atoms with Gasteiger partial charge in [-0.05, 0) is 32.0 Å². The molecule has 0 atom stereocenters. The van der Waals surface area contributed by atoms with E-state index >= 15 is 0 Å². The van der Waals surface area contributed by atoms with Crippen LogP contribution >= 0.6 is 23.2 Å². The third kappa shape index (κ3) is 4.48. The Kier molecular flexibility index (Phi) is 5.50. The first-order valence-electron chi connectivity index (χ1n) is 7.99. The molecule has 0 saturated heterocycles. The summed E-state index contributed by atoms with van der Waals surface area (Å²) in [5.74, 6) is -2.23. The molecule has 3 rings (SSSR count). The molecule has 1 amide bonds. The maximum atomic E-state index is 12.7. The minimum Gasteiger partial charge on any atom is -0.329 e. The summed E-state index contributed by atoms with van der Waals surface area (Å²) >= 11 is 12.0. The van der Waals surface area contributed by atoms with E-state index in [1.54, 1.807) is 13.8 Å². The van der Waals surface area contributed by atoms with Crippen LogP contribution in [0.1, 0.15) is 25.4 Å². The van der Waals surface area contributed by atoms with Crippen molar-refractivity contribution in [1.82, 2.24) is 20.1 Å². The molecule has 29 heavy (non-hydrogen) atoms. The monoisotopic (exact) mass is 445 g/mol. The molecule has 0 bridgehead atoms. The summed E-state index contributed by atoms with van der Waals surface area (Å²) in [6.45, 7) is 3.26. The van der Waals surface area contributed by atoms with Crippen LogP contribution in [0.15, 0.2) is 35.1 Å². The number of pyridine rings is 2. The normalized spacial score (nSPS) is 12.1. The van der Waals surface area contributed by atoms with Crippen LogP contribution in [0.3, 0.4) is 0 Å². The molecule has 7 nitrogen and oxygen atoms in total. The molecule has 0 spiro atoms.